The van der Waals surface area contributed by atoms with Crippen molar-refractivity contribution in [3.05, 3.63) is 144 Å². The molecule has 0 aliphatic rings. The maximum Gasteiger partial charge on any atom is 0.115 e. The van der Waals surface area contributed by atoms with E-state index in [9.17, 15) is 20.4 Å². The monoisotopic (exact) mass is 510 g/mol. The Hall–Kier alpha value is -5.22. The Morgan fingerprint density at radius 2 is 0.872 bits per heavy atom. The van der Waals surface area contributed by atoms with Crippen molar-refractivity contribution in [3.63, 3.8) is 0 Å². The van der Waals surface area contributed by atoms with E-state index in [-0.39, 0.29) is 28.9 Å². The largest absolute Gasteiger partial charge is 0.508 e. The summed E-state index contributed by atoms with van der Waals surface area (Å²) in [6, 6.07) is 39.3. The minimum atomic E-state index is -0.253. The summed E-state index contributed by atoms with van der Waals surface area (Å²) in [5, 5.41) is 42.4. The first kappa shape index (κ1) is 24.1. The first-order valence-electron chi connectivity index (χ1n) is 12.7. The molecule has 6 aromatic rings. The predicted octanol–water partition coefficient (Wildman–Crippen LogP) is 8.18. The number of aromatic hydroxyl groups is 4. The molecule has 6 aromatic carbocycles. The maximum absolute atomic E-state index is 10.1. The van der Waals surface area contributed by atoms with E-state index in [1.807, 2.05) is 60.7 Å². The van der Waals surface area contributed by atoms with Crippen molar-refractivity contribution in [2.24, 2.45) is 0 Å². The molecule has 190 valence electrons. The van der Waals surface area contributed by atoms with Crippen molar-refractivity contribution in [1.82, 2.24) is 0 Å². The molecule has 0 bridgehead atoms. The summed E-state index contributed by atoms with van der Waals surface area (Å²) in [7, 11) is 0. The van der Waals surface area contributed by atoms with Crippen molar-refractivity contribution in [2.45, 2.75) is 5.92 Å². The van der Waals surface area contributed by atoms with Gasteiger partial charge in [-0.25, -0.2) is 0 Å². The summed E-state index contributed by atoms with van der Waals surface area (Å²) in [5.74, 6) is 0.490. The van der Waals surface area contributed by atoms with Gasteiger partial charge in [0, 0.05) is 5.92 Å². The summed E-state index contributed by atoms with van der Waals surface area (Å²) in [4.78, 5) is 0. The quantitative estimate of drug-likeness (QED) is 0.176. The van der Waals surface area contributed by atoms with Gasteiger partial charge in [0.15, 0.2) is 0 Å². The number of fused-ring (bicyclic) bond motifs is 1. The number of hydrogen-bond donors (Lipinski definition) is 4. The fourth-order valence-corrected chi connectivity index (χ4v) is 5.34. The first-order chi connectivity index (χ1) is 19.0. The Morgan fingerprint density at radius 1 is 0.436 bits per heavy atom. The van der Waals surface area contributed by atoms with Crippen LogP contribution in [0.3, 0.4) is 0 Å². The Bertz CT molecular complexity index is 1710. The van der Waals surface area contributed by atoms with E-state index in [0.717, 1.165) is 49.7 Å². The topological polar surface area (TPSA) is 80.9 Å². The summed E-state index contributed by atoms with van der Waals surface area (Å²) < 4.78 is 0. The third-order valence-electron chi connectivity index (χ3n) is 7.17. The van der Waals surface area contributed by atoms with E-state index in [4.69, 9.17) is 0 Å². The van der Waals surface area contributed by atoms with Crippen LogP contribution in [0.2, 0.25) is 0 Å². The lowest BCUT2D eigenvalue weighted by molar-refractivity contribution is 0.474. The van der Waals surface area contributed by atoms with E-state index in [1.165, 1.54) is 0 Å². The molecule has 4 nitrogen and oxygen atoms in total. The van der Waals surface area contributed by atoms with Crippen molar-refractivity contribution in [3.8, 4) is 45.3 Å². The van der Waals surface area contributed by atoms with Crippen molar-refractivity contribution in [2.75, 3.05) is 0 Å². The van der Waals surface area contributed by atoms with Crippen LogP contribution in [-0.2, 0) is 0 Å². The number of benzene rings is 6. The van der Waals surface area contributed by atoms with E-state index >= 15 is 0 Å². The van der Waals surface area contributed by atoms with E-state index in [2.05, 4.69) is 18.2 Å². The van der Waals surface area contributed by atoms with E-state index in [1.54, 1.807) is 48.5 Å². The highest BCUT2D eigenvalue weighted by Gasteiger charge is 2.26. The average Bonchev–Trinajstić information content (AvgIpc) is 2.96. The molecular formula is C35H26O4. The zero-order valence-corrected chi connectivity index (χ0v) is 21.0. The van der Waals surface area contributed by atoms with Gasteiger partial charge in [0.25, 0.3) is 0 Å². The summed E-state index contributed by atoms with van der Waals surface area (Å²) in [6.45, 7) is 0. The van der Waals surface area contributed by atoms with Crippen LogP contribution in [0.4, 0.5) is 0 Å². The highest BCUT2D eigenvalue weighted by atomic mass is 16.3. The molecule has 0 radical (unpaired) electrons. The first-order valence-corrected chi connectivity index (χ1v) is 12.7. The van der Waals surface area contributed by atoms with Gasteiger partial charge in [-0.2, -0.15) is 0 Å². The maximum atomic E-state index is 10.1. The Morgan fingerprint density at radius 3 is 1.38 bits per heavy atom. The van der Waals surface area contributed by atoms with Crippen LogP contribution in [0.25, 0.3) is 33.0 Å². The molecule has 0 unspecified atom stereocenters. The number of rotatable bonds is 5. The molecule has 0 aliphatic heterocycles. The number of phenolic OH excluding ortho intramolecular Hbond substituents is 4. The predicted molar refractivity (Wildman–Crippen MR) is 155 cm³/mol. The lowest BCUT2D eigenvalue weighted by atomic mass is 9.76. The van der Waals surface area contributed by atoms with Crippen molar-refractivity contribution in [1.29, 1.82) is 0 Å². The molecule has 0 saturated heterocycles. The van der Waals surface area contributed by atoms with E-state index < -0.39 is 0 Å². The molecule has 0 aliphatic carbocycles. The Kier molecular flexibility index (Phi) is 6.14. The molecule has 6 rings (SSSR count). The summed E-state index contributed by atoms with van der Waals surface area (Å²) >= 11 is 0. The van der Waals surface area contributed by atoms with Crippen LogP contribution in [-0.4, -0.2) is 20.4 Å². The third-order valence-corrected chi connectivity index (χ3v) is 7.17. The second kappa shape index (κ2) is 9.92. The molecule has 0 saturated carbocycles. The minimum absolute atomic E-state index is 0.181. The summed E-state index contributed by atoms with van der Waals surface area (Å²) in [6.07, 6.45) is 0. The number of hydrogen-bond acceptors (Lipinski definition) is 4. The van der Waals surface area contributed by atoms with Gasteiger partial charge in [0.05, 0.1) is 0 Å². The van der Waals surface area contributed by atoms with Crippen LogP contribution >= 0.6 is 0 Å². The van der Waals surface area contributed by atoms with Gasteiger partial charge >= 0.3 is 0 Å². The molecule has 39 heavy (non-hydrogen) atoms. The summed E-state index contributed by atoms with van der Waals surface area (Å²) in [5.41, 5.74) is 6.86. The fourth-order valence-electron chi connectivity index (χ4n) is 5.34. The van der Waals surface area contributed by atoms with Crippen LogP contribution in [0, 0.1) is 0 Å². The van der Waals surface area contributed by atoms with Crippen LogP contribution in [0.5, 0.6) is 23.0 Å². The Balaban J connectivity index is 1.77. The van der Waals surface area contributed by atoms with Gasteiger partial charge in [-0.15, -0.1) is 0 Å². The van der Waals surface area contributed by atoms with E-state index in [0.29, 0.717) is 0 Å². The SMILES string of the molecule is Oc1ccc(-c2cc3ccccc3c(C(c3ccc(O)cc3)c3ccc(O)cc3)c2-c2ccc(O)cc2)cc1. The Labute approximate surface area is 226 Å². The molecule has 0 spiro atoms. The van der Waals surface area contributed by atoms with Gasteiger partial charge in [-0.1, -0.05) is 72.8 Å². The van der Waals surface area contributed by atoms with Crippen LogP contribution in [0.1, 0.15) is 22.6 Å². The number of phenols is 4. The lowest BCUT2D eigenvalue weighted by Crippen LogP contribution is -2.07. The minimum Gasteiger partial charge on any atom is -0.508 e. The average molecular weight is 511 g/mol. The van der Waals surface area contributed by atoms with Gasteiger partial charge in [-0.05, 0) is 104 Å². The zero-order valence-electron chi connectivity index (χ0n) is 21.0. The molecule has 4 heteroatoms. The van der Waals surface area contributed by atoms with Crippen molar-refractivity contribution >= 4 is 10.8 Å². The molecule has 0 aromatic heterocycles. The van der Waals surface area contributed by atoms with Gasteiger partial charge < -0.3 is 20.4 Å². The second-order valence-electron chi connectivity index (χ2n) is 9.64. The highest BCUT2D eigenvalue weighted by Crippen LogP contribution is 2.47. The van der Waals surface area contributed by atoms with Crippen molar-refractivity contribution < 1.29 is 20.4 Å². The fraction of sp³-hybridized carbons (Fsp3) is 0.0286. The smallest absolute Gasteiger partial charge is 0.115 e. The zero-order chi connectivity index (χ0) is 26.9. The lowest BCUT2D eigenvalue weighted by Gasteiger charge is -2.27. The highest BCUT2D eigenvalue weighted by molar-refractivity contribution is 6.01. The normalized spacial score (nSPS) is 11.2. The molecular weight excluding hydrogens is 484 g/mol. The van der Waals surface area contributed by atoms with Gasteiger partial charge in [0.2, 0.25) is 0 Å². The van der Waals surface area contributed by atoms with Crippen LogP contribution in [0.15, 0.2) is 127 Å². The molecule has 4 N–H and O–H groups in total. The standard InChI is InChI=1S/C35H26O4/c36-27-13-5-22(6-14-27)32-21-26-3-1-2-4-31(26)35(34(32)25-11-19-30(39)20-12-25)33(23-7-15-28(37)16-8-23)24-9-17-29(38)18-10-24/h1-21,33,36-39H. The van der Waals surface area contributed by atoms with Gasteiger partial charge in [0.1, 0.15) is 23.0 Å². The van der Waals surface area contributed by atoms with Gasteiger partial charge in [-0.3, -0.25) is 0 Å². The third kappa shape index (κ3) is 4.64. The second-order valence-corrected chi connectivity index (χ2v) is 9.64. The molecule has 0 amide bonds. The molecule has 0 fully saturated rings. The molecule has 0 atom stereocenters. The molecule has 0 heterocycles. The van der Waals surface area contributed by atoms with Crippen LogP contribution < -0.4 is 0 Å².